The maximum Gasteiger partial charge on any atom is 0.0618 e. The summed E-state index contributed by atoms with van der Waals surface area (Å²) in [5, 5.41) is 0. The van der Waals surface area contributed by atoms with Gasteiger partial charge in [0.1, 0.15) is 0 Å². The van der Waals surface area contributed by atoms with Crippen molar-refractivity contribution < 1.29 is 0 Å². The third-order valence-electron chi connectivity index (χ3n) is 2.68. The maximum absolute atomic E-state index is 4.17. The topological polar surface area (TPSA) is 12.4 Å². The molecule has 0 saturated carbocycles. The number of aliphatic imine (C=N–C) groups is 1. The zero-order chi connectivity index (χ0) is 8.36. The largest absolute Gasteiger partial charge is 0.294 e. The van der Waals surface area contributed by atoms with Crippen LogP contribution in [0.4, 0.5) is 0 Å². The lowest BCUT2D eigenvalue weighted by molar-refractivity contribution is 0.255. The van der Waals surface area contributed by atoms with Gasteiger partial charge in [-0.25, -0.2) is 0 Å². The molecule has 0 fully saturated rings. The Morgan fingerprint density at radius 2 is 1.40 bits per heavy atom. The Bertz CT molecular complexity index is 106. The molecule has 0 spiro atoms. The average Bonchev–Trinajstić information content (AvgIpc) is 1.85. The van der Waals surface area contributed by atoms with Crippen molar-refractivity contribution in [3.05, 3.63) is 0 Å². The lowest BCUT2D eigenvalue weighted by atomic mass is 9.79. The van der Waals surface area contributed by atoms with E-state index in [1.807, 2.05) is 0 Å². The summed E-state index contributed by atoms with van der Waals surface area (Å²) in [7, 11) is 0. The zero-order valence-corrected chi connectivity index (χ0v) is 7.81. The van der Waals surface area contributed by atoms with Crippen molar-refractivity contribution in [2.75, 3.05) is 0 Å². The minimum absolute atomic E-state index is 0.0556. The molecule has 1 nitrogen and oxygen atoms in total. The number of rotatable bonds is 3. The van der Waals surface area contributed by atoms with Crippen LogP contribution in [0.5, 0.6) is 0 Å². The van der Waals surface area contributed by atoms with Crippen LogP contribution >= 0.6 is 0 Å². The molecule has 0 amide bonds. The Balaban J connectivity index is 4.38. The molecule has 1 heteroatoms. The summed E-state index contributed by atoms with van der Waals surface area (Å²) in [5.41, 5.74) is 0.0556. The fourth-order valence-electron chi connectivity index (χ4n) is 1.03. The highest BCUT2D eigenvalue weighted by atomic mass is 14.8. The third kappa shape index (κ3) is 1.59. The summed E-state index contributed by atoms with van der Waals surface area (Å²) < 4.78 is 0. The summed E-state index contributed by atoms with van der Waals surface area (Å²) >= 11 is 0. The molecule has 0 saturated heterocycles. The van der Waals surface area contributed by atoms with Gasteiger partial charge in [0.2, 0.25) is 0 Å². The Morgan fingerprint density at radius 3 is 1.40 bits per heavy atom. The number of hydrogen-bond acceptors (Lipinski definition) is 1. The first-order valence-corrected chi connectivity index (χ1v) is 3.93. The van der Waals surface area contributed by atoms with Gasteiger partial charge in [0.05, 0.1) is 5.54 Å². The van der Waals surface area contributed by atoms with E-state index in [-0.39, 0.29) is 5.54 Å². The molecule has 0 radical (unpaired) electrons. The first-order chi connectivity index (χ1) is 4.45. The van der Waals surface area contributed by atoms with Crippen LogP contribution in [0, 0.1) is 11.8 Å². The van der Waals surface area contributed by atoms with Crippen LogP contribution in [-0.4, -0.2) is 12.3 Å². The molecule has 0 bridgehead atoms. The van der Waals surface area contributed by atoms with E-state index < -0.39 is 0 Å². The van der Waals surface area contributed by atoms with Crippen LogP contribution in [0.1, 0.15) is 34.6 Å². The number of nitrogens with zero attached hydrogens (tertiary/aromatic N) is 1. The van der Waals surface area contributed by atoms with Gasteiger partial charge in [-0.1, -0.05) is 27.7 Å². The second-order valence-electron chi connectivity index (χ2n) is 3.69. The van der Waals surface area contributed by atoms with E-state index in [1.54, 1.807) is 0 Å². The van der Waals surface area contributed by atoms with Gasteiger partial charge in [-0.3, -0.25) is 4.99 Å². The van der Waals surface area contributed by atoms with Gasteiger partial charge in [0.15, 0.2) is 0 Å². The maximum atomic E-state index is 4.17. The Hall–Kier alpha value is -0.330. The van der Waals surface area contributed by atoms with Crippen molar-refractivity contribution in [3.8, 4) is 0 Å². The molecule has 0 aromatic heterocycles. The minimum Gasteiger partial charge on any atom is -0.294 e. The molecule has 0 aliphatic carbocycles. The lowest BCUT2D eigenvalue weighted by Gasteiger charge is -2.33. The molecular formula is C9H19N. The van der Waals surface area contributed by atoms with Crippen molar-refractivity contribution in [3.63, 3.8) is 0 Å². The minimum atomic E-state index is 0.0556. The van der Waals surface area contributed by atoms with Gasteiger partial charge in [0.25, 0.3) is 0 Å². The van der Waals surface area contributed by atoms with Crippen LogP contribution in [0.25, 0.3) is 0 Å². The van der Waals surface area contributed by atoms with E-state index in [1.165, 1.54) is 0 Å². The summed E-state index contributed by atoms with van der Waals surface area (Å²) in [6, 6.07) is 0. The van der Waals surface area contributed by atoms with E-state index in [2.05, 4.69) is 46.3 Å². The highest BCUT2D eigenvalue weighted by Gasteiger charge is 2.29. The Kier molecular flexibility index (Phi) is 3.07. The van der Waals surface area contributed by atoms with Crippen LogP contribution in [0.2, 0.25) is 0 Å². The average molecular weight is 141 g/mol. The van der Waals surface area contributed by atoms with E-state index in [9.17, 15) is 0 Å². The highest BCUT2D eigenvalue weighted by molar-refractivity contribution is 5.26. The van der Waals surface area contributed by atoms with Crippen molar-refractivity contribution in [1.29, 1.82) is 0 Å². The first kappa shape index (κ1) is 9.67. The molecule has 0 heterocycles. The first-order valence-electron chi connectivity index (χ1n) is 3.93. The molecule has 0 aromatic rings. The molecular weight excluding hydrogens is 122 g/mol. The quantitative estimate of drug-likeness (QED) is 0.536. The van der Waals surface area contributed by atoms with E-state index in [0.717, 1.165) is 0 Å². The van der Waals surface area contributed by atoms with Crippen molar-refractivity contribution in [1.82, 2.24) is 0 Å². The third-order valence-corrected chi connectivity index (χ3v) is 2.68. The van der Waals surface area contributed by atoms with E-state index >= 15 is 0 Å². The molecule has 0 rings (SSSR count). The predicted molar refractivity (Wildman–Crippen MR) is 47.6 cm³/mol. The smallest absolute Gasteiger partial charge is 0.0618 e. The molecule has 0 unspecified atom stereocenters. The van der Waals surface area contributed by atoms with Gasteiger partial charge in [-0.15, -0.1) is 0 Å². The molecule has 0 aliphatic rings. The standard InChI is InChI=1S/C9H19N/c1-7(2)9(5,10-6)8(3)4/h7-8H,6H2,1-5H3. The fourth-order valence-corrected chi connectivity index (χ4v) is 1.03. The highest BCUT2D eigenvalue weighted by Crippen LogP contribution is 2.28. The van der Waals surface area contributed by atoms with Crippen molar-refractivity contribution in [2.24, 2.45) is 16.8 Å². The van der Waals surface area contributed by atoms with Crippen LogP contribution < -0.4 is 0 Å². The van der Waals surface area contributed by atoms with Crippen LogP contribution in [0.15, 0.2) is 4.99 Å². The predicted octanol–water partition coefficient (Wildman–Crippen LogP) is 2.76. The summed E-state index contributed by atoms with van der Waals surface area (Å²) in [4.78, 5) is 4.17. The molecule has 0 N–H and O–H groups in total. The molecule has 10 heavy (non-hydrogen) atoms. The molecule has 0 aliphatic heterocycles. The normalized spacial score (nSPS) is 12.7. The van der Waals surface area contributed by atoms with Crippen LogP contribution in [-0.2, 0) is 0 Å². The summed E-state index contributed by atoms with van der Waals surface area (Å²) in [5.74, 6) is 1.15. The van der Waals surface area contributed by atoms with Crippen molar-refractivity contribution in [2.45, 2.75) is 40.2 Å². The van der Waals surface area contributed by atoms with Crippen LogP contribution in [0.3, 0.4) is 0 Å². The monoisotopic (exact) mass is 141 g/mol. The molecule has 60 valence electrons. The Labute approximate surface area is 64.6 Å². The molecule has 0 aromatic carbocycles. The van der Waals surface area contributed by atoms with E-state index in [4.69, 9.17) is 0 Å². The summed E-state index contributed by atoms with van der Waals surface area (Å²) in [6.07, 6.45) is 0. The number of hydrogen-bond donors (Lipinski definition) is 0. The SMILES string of the molecule is C=NC(C)(C(C)C)C(C)C. The van der Waals surface area contributed by atoms with Gasteiger partial charge in [-0.2, -0.15) is 0 Å². The molecule has 0 atom stereocenters. The van der Waals surface area contributed by atoms with Gasteiger partial charge >= 0.3 is 0 Å². The summed E-state index contributed by atoms with van der Waals surface area (Å²) in [6.45, 7) is 14.5. The zero-order valence-electron chi connectivity index (χ0n) is 7.81. The van der Waals surface area contributed by atoms with Gasteiger partial charge in [0, 0.05) is 0 Å². The van der Waals surface area contributed by atoms with Crippen molar-refractivity contribution >= 4 is 6.72 Å². The van der Waals surface area contributed by atoms with Gasteiger partial charge < -0.3 is 0 Å². The lowest BCUT2D eigenvalue weighted by Crippen LogP contribution is -2.34. The second kappa shape index (κ2) is 3.18. The van der Waals surface area contributed by atoms with Gasteiger partial charge in [-0.05, 0) is 25.5 Å². The fraction of sp³-hybridized carbons (Fsp3) is 0.889. The van der Waals surface area contributed by atoms with E-state index in [0.29, 0.717) is 11.8 Å². The second-order valence-corrected chi connectivity index (χ2v) is 3.69. The Morgan fingerprint density at radius 1 is 1.10 bits per heavy atom.